The highest BCUT2D eigenvalue weighted by Crippen LogP contribution is 2.24. The molecule has 6 heteroatoms. The molecule has 0 aliphatic carbocycles. The summed E-state index contributed by atoms with van der Waals surface area (Å²) in [5.74, 6) is -2.53. The maximum Gasteiger partial charge on any atom is 0.326 e. The number of para-hydroxylation sites is 1. The van der Waals surface area contributed by atoms with Crippen molar-refractivity contribution >= 4 is 22.8 Å². The Labute approximate surface area is 122 Å². The molecule has 2 aromatic rings. The molecule has 0 unspecified atom stereocenters. The van der Waals surface area contributed by atoms with E-state index in [-0.39, 0.29) is 13.2 Å². The van der Waals surface area contributed by atoms with Crippen LogP contribution in [0.2, 0.25) is 0 Å². The first-order chi connectivity index (χ1) is 10.2. The number of carbonyl (C=O) groups is 2. The topological polar surface area (TPSA) is 78.4 Å². The lowest BCUT2D eigenvalue weighted by atomic mass is 10.0. The summed E-state index contributed by atoms with van der Waals surface area (Å²) in [5, 5.41) is 0.631. The number of rotatable bonds is 5. The Morgan fingerprint density at radius 1 is 1.05 bits per heavy atom. The minimum Gasteiger partial charge on any atom is -0.465 e. The zero-order chi connectivity index (χ0) is 15.2. The zero-order valence-corrected chi connectivity index (χ0v) is 11.9. The van der Waals surface area contributed by atoms with Gasteiger partial charge in [-0.2, -0.15) is 0 Å². The number of fused-ring (bicyclic) bond motifs is 1. The summed E-state index contributed by atoms with van der Waals surface area (Å²) < 4.78 is 9.95. The number of carbonyl (C=O) groups excluding carboxylic acids is 2. The van der Waals surface area contributed by atoms with Gasteiger partial charge in [0.25, 0.3) is 0 Å². The molecule has 0 radical (unpaired) electrons. The van der Waals surface area contributed by atoms with E-state index in [0.29, 0.717) is 16.6 Å². The molecule has 0 saturated carbocycles. The number of hydrogen-bond acceptors (Lipinski definition) is 6. The summed E-state index contributed by atoms with van der Waals surface area (Å²) in [6.45, 7) is 3.71. The highest BCUT2D eigenvalue weighted by Gasteiger charge is 2.34. The van der Waals surface area contributed by atoms with E-state index in [2.05, 4.69) is 9.97 Å². The molecule has 0 aliphatic rings. The van der Waals surface area contributed by atoms with Gasteiger partial charge in [0.05, 0.1) is 24.4 Å². The molecule has 0 spiro atoms. The largest absolute Gasteiger partial charge is 0.465 e. The molecule has 0 saturated heterocycles. The Morgan fingerprint density at radius 2 is 1.67 bits per heavy atom. The maximum absolute atomic E-state index is 12.1. The smallest absolute Gasteiger partial charge is 0.326 e. The van der Waals surface area contributed by atoms with Crippen molar-refractivity contribution < 1.29 is 19.1 Å². The average Bonchev–Trinajstić information content (AvgIpc) is 2.48. The van der Waals surface area contributed by atoms with Crippen LogP contribution in [0.25, 0.3) is 10.9 Å². The third-order valence-electron chi connectivity index (χ3n) is 2.89. The van der Waals surface area contributed by atoms with Crippen molar-refractivity contribution in [1.82, 2.24) is 9.97 Å². The van der Waals surface area contributed by atoms with Crippen LogP contribution in [0.1, 0.15) is 25.5 Å². The van der Waals surface area contributed by atoms with Crippen LogP contribution in [-0.2, 0) is 19.1 Å². The van der Waals surface area contributed by atoms with E-state index >= 15 is 0 Å². The molecule has 2 rings (SSSR count). The van der Waals surface area contributed by atoms with Crippen LogP contribution in [0, 0.1) is 0 Å². The second-order valence-corrected chi connectivity index (χ2v) is 4.21. The maximum atomic E-state index is 12.1. The molecule has 1 aromatic heterocycles. The van der Waals surface area contributed by atoms with E-state index in [1.807, 2.05) is 6.07 Å². The van der Waals surface area contributed by atoms with Crippen LogP contribution in [-0.4, -0.2) is 35.1 Å². The van der Waals surface area contributed by atoms with Gasteiger partial charge in [0.15, 0.2) is 5.92 Å². The fraction of sp³-hybridized carbons (Fsp3) is 0.333. The van der Waals surface area contributed by atoms with Crippen molar-refractivity contribution in [2.75, 3.05) is 13.2 Å². The van der Waals surface area contributed by atoms with Gasteiger partial charge in [-0.1, -0.05) is 18.2 Å². The quantitative estimate of drug-likeness (QED) is 0.617. The average molecular weight is 288 g/mol. The normalized spacial score (nSPS) is 10.6. The van der Waals surface area contributed by atoms with E-state index in [0.717, 1.165) is 0 Å². The number of benzene rings is 1. The Hall–Kier alpha value is -2.50. The molecule has 1 heterocycles. The molecule has 0 N–H and O–H groups in total. The monoisotopic (exact) mass is 288 g/mol. The third kappa shape index (κ3) is 3.16. The molecule has 0 aliphatic heterocycles. The van der Waals surface area contributed by atoms with Crippen LogP contribution in [0.4, 0.5) is 0 Å². The molecule has 21 heavy (non-hydrogen) atoms. The molecular weight excluding hydrogens is 272 g/mol. The zero-order valence-electron chi connectivity index (χ0n) is 11.9. The van der Waals surface area contributed by atoms with E-state index in [4.69, 9.17) is 9.47 Å². The van der Waals surface area contributed by atoms with Crippen LogP contribution in [0.5, 0.6) is 0 Å². The van der Waals surface area contributed by atoms with Gasteiger partial charge in [-0.25, -0.2) is 9.97 Å². The van der Waals surface area contributed by atoms with Gasteiger partial charge in [-0.15, -0.1) is 0 Å². The second-order valence-electron chi connectivity index (χ2n) is 4.21. The molecule has 6 nitrogen and oxygen atoms in total. The van der Waals surface area contributed by atoms with E-state index in [9.17, 15) is 9.59 Å². The predicted molar refractivity (Wildman–Crippen MR) is 75.5 cm³/mol. The van der Waals surface area contributed by atoms with E-state index in [1.165, 1.54) is 6.33 Å². The molecule has 110 valence electrons. The molecule has 1 aromatic carbocycles. The Bertz CT molecular complexity index is 634. The standard InChI is InChI=1S/C15H16N2O4/c1-3-20-14(18)12(15(19)21-4-2)13-10-7-5-6-8-11(10)16-9-17-13/h5-9,12H,3-4H2,1-2H3. The fourth-order valence-corrected chi connectivity index (χ4v) is 2.03. The van der Waals surface area contributed by atoms with Crippen molar-refractivity contribution in [2.24, 2.45) is 0 Å². The predicted octanol–water partition coefficient (Wildman–Crippen LogP) is 1.84. The Balaban J connectivity index is 2.52. The lowest BCUT2D eigenvalue weighted by Crippen LogP contribution is -2.27. The Kier molecular flexibility index (Phi) is 4.81. The first kappa shape index (κ1) is 14.9. The fourth-order valence-electron chi connectivity index (χ4n) is 2.03. The number of hydrogen-bond donors (Lipinski definition) is 0. The lowest BCUT2D eigenvalue weighted by molar-refractivity contribution is -0.157. The summed E-state index contributed by atoms with van der Waals surface area (Å²) in [6.07, 6.45) is 1.32. The van der Waals surface area contributed by atoms with Crippen molar-refractivity contribution in [3.63, 3.8) is 0 Å². The van der Waals surface area contributed by atoms with Crippen molar-refractivity contribution in [2.45, 2.75) is 19.8 Å². The van der Waals surface area contributed by atoms with Crippen molar-refractivity contribution in [1.29, 1.82) is 0 Å². The van der Waals surface area contributed by atoms with Crippen molar-refractivity contribution in [3.8, 4) is 0 Å². The number of esters is 2. The van der Waals surface area contributed by atoms with E-state index in [1.54, 1.807) is 32.0 Å². The molecular formula is C15H16N2O4. The Morgan fingerprint density at radius 3 is 2.29 bits per heavy atom. The summed E-state index contributed by atoms with van der Waals surface area (Å²) >= 11 is 0. The summed E-state index contributed by atoms with van der Waals surface area (Å²) in [7, 11) is 0. The molecule has 0 fully saturated rings. The van der Waals surface area contributed by atoms with Gasteiger partial charge in [0.1, 0.15) is 6.33 Å². The first-order valence-electron chi connectivity index (χ1n) is 6.72. The molecule has 0 bridgehead atoms. The van der Waals surface area contributed by atoms with Crippen LogP contribution < -0.4 is 0 Å². The van der Waals surface area contributed by atoms with Crippen molar-refractivity contribution in [3.05, 3.63) is 36.3 Å². The lowest BCUT2D eigenvalue weighted by Gasteiger charge is -2.15. The van der Waals surface area contributed by atoms with Gasteiger partial charge >= 0.3 is 11.9 Å². The summed E-state index contributed by atoms with van der Waals surface area (Å²) in [4.78, 5) is 32.5. The summed E-state index contributed by atoms with van der Waals surface area (Å²) in [6, 6.07) is 7.16. The SMILES string of the molecule is CCOC(=O)C(C(=O)OCC)c1ncnc2ccccc12. The number of ether oxygens (including phenoxy) is 2. The van der Waals surface area contributed by atoms with Gasteiger partial charge in [0.2, 0.25) is 0 Å². The minimum absolute atomic E-state index is 0.178. The highest BCUT2D eigenvalue weighted by molar-refractivity contribution is 6.03. The summed E-state index contributed by atoms with van der Waals surface area (Å²) in [5.41, 5.74) is 0.957. The first-order valence-corrected chi connectivity index (χ1v) is 6.72. The second kappa shape index (κ2) is 6.78. The number of aromatic nitrogens is 2. The van der Waals surface area contributed by atoms with Gasteiger partial charge in [-0.3, -0.25) is 9.59 Å². The van der Waals surface area contributed by atoms with Crippen LogP contribution >= 0.6 is 0 Å². The van der Waals surface area contributed by atoms with Gasteiger partial charge in [0, 0.05) is 5.39 Å². The molecule has 0 atom stereocenters. The van der Waals surface area contributed by atoms with Gasteiger partial charge < -0.3 is 9.47 Å². The highest BCUT2D eigenvalue weighted by atomic mass is 16.6. The van der Waals surface area contributed by atoms with Crippen LogP contribution in [0.15, 0.2) is 30.6 Å². The van der Waals surface area contributed by atoms with Crippen LogP contribution in [0.3, 0.4) is 0 Å². The third-order valence-corrected chi connectivity index (χ3v) is 2.89. The van der Waals surface area contributed by atoms with E-state index < -0.39 is 17.9 Å². The van der Waals surface area contributed by atoms with Gasteiger partial charge in [-0.05, 0) is 19.9 Å². The number of nitrogens with zero attached hydrogens (tertiary/aromatic N) is 2. The minimum atomic E-state index is -1.20. The molecule has 0 amide bonds.